The van der Waals surface area contributed by atoms with E-state index in [1.54, 1.807) is 35.5 Å². The fourth-order valence-corrected chi connectivity index (χ4v) is 7.30. The molecule has 2 aromatic heterocycles. The van der Waals surface area contributed by atoms with Crippen LogP contribution in [0.1, 0.15) is 35.6 Å². The summed E-state index contributed by atoms with van der Waals surface area (Å²) in [6, 6.07) is 25.8. The quantitative estimate of drug-likeness (QED) is 0.101. The van der Waals surface area contributed by atoms with Gasteiger partial charge in [0.15, 0.2) is 11.4 Å². The SMILES string of the molecule is COc1ccc(CN(Sc2c(OC)cc(Br)cc2OC)c2noc3cc(Nc4cc(C5CC5)nn4Cc4ccc(OC)cc4)c(OC)cc23)cc1. The summed E-state index contributed by atoms with van der Waals surface area (Å²) in [5.41, 5.74) is 4.55. The summed E-state index contributed by atoms with van der Waals surface area (Å²) in [7, 11) is 8.26. The lowest BCUT2D eigenvalue weighted by Gasteiger charge is -2.23. The monoisotopic (exact) mass is 771 g/mol. The highest BCUT2D eigenvalue weighted by Crippen LogP contribution is 2.46. The average Bonchev–Trinajstić information content (AvgIpc) is 3.82. The number of nitrogens with one attached hydrogen (secondary N) is 1. The summed E-state index contributed by atoms with van der Waals surface area (Å²) in [6.07, 6.45) is 2.30. The van der Waals surface area contributed by atoms with Crippen molar-refractivity contribution in [2.45, 2.75) is 36.7 Å². The molecule has 51 heavy (non-hydrogen) atoms. The lowest BCUT2D eigenvalue weighted by atomic mass is 10.2. The van der Waals surface area contributed by atoms with Gasteiger partial charge in [-0.25, -0.2) is 4.68 Å². The highest BCUT2D eigenvalue weighted by atomic mass is 79.9. The van der Waals surface area contributed by atoms with Gasteiger partial charge in [0.05, 0.1) is 65.4 Å². The summed E-state index contributed by atoms with van der Waals surface area (Å²) in [4.78, 5) is 0.787. The van der Waals surface area contributed by atoms with E-state index in [1.165, 1.54) is 11.9 Å². The van der Waals surface area contributed by atoms with Crippen molar-refractivity contribution in [2.75, 3.05) is 45.2 Å². The largest absolute Gasteiger partial charge is 0.497 e. The van der Waals surface area contributed by atoms with Crippen LogP contribution in [0.25, 0.3) is 11.0 Å². The molecule has 4 aromatic carbocycles. The van der Waals surface area contributed by atoms with Crippen LogP contribution in [0, 0.1) is 0 Å². The van der Waals surface area contributed by atoms with Crippen LogP contribution in [0.5, 0.6) is 28.7 Å². The number of methoxy groups -OCH3 is 5. The first-order chi connectivity index (χ1) is 24.9. The minimum Gasteiger partial charge on any atom is -0.497 e. The zero-order chi connectivity index (χ0) is 35.5. The van der Waals surface area contributed by atoms with Gasteiger partial charge in [-0.1, -0.05) is 45.4 Å². The molecule has 1 aliphatic carbocycles. The molecule has 1 aliphatic rings. The van der Waals surface area contributed by atoms with E-state index in [1.807, 2.05) is 65.3 Å². The molecule has 13 heteroatoms. The van der Waals surface area contributed by atoms with E-state index in [0.29, 0.717) is 47.7 Å². The maximum atomic E-state index is 6.03. The molecule has 7 rings (SSSR count). The normalized spacial score (nSPS) is 12.5. The van der Waals surface area contributed by atoms with Crippen LogP contribution >= 0.6 is 27.9 Å². The molecule has 1 fully saturated rings. The third-order valence-corrected chi connectivity index (χ3v) is 10.2. The van der Waals surface area contributed by atoms with Gasteiger partial charge in [-0.05, 0) is 78.4 Å². The Morgan fingerprint density at radius 1 is 0.804 bits per heavy atom. The second-order valence-electron chi connectivity index (χ2n) is 12.0. The van der Waals surface area contributed by atoms with Crippen LogP contribution in [-0.2, 0) is 13.1 Å². The average molecular weight is 773 g/mol. The standard InChI is InChI=1S/C38H38BrN5O6S/c1-45-27-12-6-23(7-13-27)21-43-36(20-30(41-43)25-10-11-25)40-31-19-32-29(18-33(31)47-3)38(42-50-32)44(22-24-8-14-28(46-2)15-9-24)51-37-34(48-4)16-26(39)17-35(37)49-5/h6-9,12-20,25,40H,10-11,21-22H2,1-5H3. The van der Waals surface area contributed by atoms with E-state index in [0.717, 1.165) is 67.4 Å². The summed E-state index contributed by atoms with van der Waals surface area (Å²) in [5.74, 6) is 5.49. The zero-order valence-corrected chi connectivity index (χ0v) is 31.3. The first-order valence-corrected chi connectivity index (χ1v) is 17.9. The van der Waals surface area contributed by atoms with E-state index in [2.05, 4.69) is 48.9 Å². The molecule has 1 saturated carbocycles. The van der Waals surface area contributed by atoms with Gasteiger partial charge in [0.1, 0.15) is 39.5 Å². The summed E-state index contributed by atoms with van der Waals surface area (Å²) in [5, 5.41) is 13.9. The molecule has 264 valence electrons. The number of ether oxygens (including phenoxy) is 5. The molecule has 0 spiro atoms. The number of benzene rings is 4. The Morgan fingerprint density at radius 3 is 2.02 bits per heavy atom. The highest BCUT2D eigenvalue weighted by Gasteiger charge is 2.28. The Morgan fingerprint density at radius 2 is 1.43 bits per heavy atom. The molecular formula is C38H38BrN5O6S. The number of halogens is 1. The van der Waals surface area contributed by atoms with Crippen LogP contribution < -0.4 is 33.3 Å². The van der Waals surface area contributed by atoms with Gasteiger partial charge in [-0.2, -0.15) is 5.10 Å². The van der Waals surface area contributed by atoms with Crippen molar-refractivity contribution in [3.8, 4) is 28.7 Å². The van der Waals surface area contributed by atoms with Crippen LogP contribution in [0.3, 0.4) is 0 Å². The van der Waals surface area contributed by atoms with Crippen LogP contribution in [0.15, 0.2) is 92.8 Å². The molecule has 0 saturated heterocycles. The number of rotatable bonds is 15. The van der Waals surface area contributed by atoms with Crippen LogP contribution in [0.2, 0.25) is 0 Å². The number of fused-ring (bicyclic) bond motifs is 1. The number of nitrogens with zero attached hydrogens (tertiary/aromatic N) is 4. The lowest BCUT2D eigenvalue weighted by Crippen LogP contribution is -2.15. The summed E-state index contributed by atoms with van der Waals surface area (Å²) in [6.45, 7) is 1.08. The van der Waals surface area contributed by atoms with Gasteiger partial charge in [0.2, 0.25) is 0 Å². The molecule has 2 heterocycles. The van der Waals surface area contributed by atoms with Gasteiger partial charge in [-0.15, -0.1) is 0 Å². The first-order valence-electron chi connectivity index (χ1n) is 16.3. The zero-order valence-electron chi connectivity index (χ0n) is 28.9. The third-order valence-electron chi connectivity index (χ3n) is 8.67. The van der Waals surface area contributed by atoms with Crippen molar-refractivity contribution in [3.05, 3.63) is 100 Å². The molecule has 0 aliphatic heterocycles. The Labute approximate surface area is 309 Å². The molecular weight excluding hydrogens is 734 g/mol. The number of hydrogen-bond donors (Lipinski definition) is 1. The molecule has 0 amide bonds. The fourth-order valence-electron chi connectivity index (χ4n) is 5.77. The maximum Gasteiger partial charge on any atom is 0.190 e. The number of hydrogen-bond acceptors (Lipinski definition) is 11. The Hall–Kier alpha value is -5.01. The minimum atomic E-state index is 0.482. The van der Waals surface area contributed by atoms with E-state index < -0.39 is 0 Å². The molecule has 0 bridgehead atoms. The van der Waals surface area contributed by atoms with Crippen molar-refractivity contribution in [2.24, 2.45) is 0 Å². The first kappa shape index (κ1) is 34.4. The fraction of sp³-hybridized carbons (Fsp3) is 0.263. The van der Waals surface area contributed by atoms with Crippen molar-refractivity contribution in [1.29, 1.82) is 0 Å². The lowest BCUT2D eigenvalue weighted by molar-refractivity contribution is 0.376. The predicted molar refractivity (Wildman–Crippen MR) is 202 cm³/mol. The topological polar surface area (TPSA) is 105 Å². The summed E-state index contributed by atoms with van der Waals surface area (Å²) >= 11 is 5.01. The van der Waals surface area contributed by atoms with Gasteiger partial charge in [-0.3, -0.25) is 4.31 Å². The van der Waals surface area contributed by atoms with E-state index in [4.69, 9.17) is 33.3 Å². The highest BCUT2D eigenvalue weighted by molar-refractivity contribution is 9.10. The molecule has 1 N–H and O–H groups in total. The van der Waals surface area contributed by atoms with Crippen molar-refractivity contribution in [1.82, 2.24) is 14.9 Å². The Kier molecular flexibility index (Phi) is 10.2. The maximum absolute atomic E-state index is 6.03. The van der Waals surface area contributed by atoms with Crippen molar-refractivity contribution in [3.63, 3.8) is 0 Å². The Balaban J connectivity index is 1.25. The summed E-state index contributed by atoms with van der Waals surface area (Å²) < 4.78 is 39.2. The second kappa shape index (κ2) is 15.1. The van der Waals surface area contributed by atoms with Gasteiger partial charge >= 0.3 is 0 Å². The van der Waals surface area contributed by atoms with Crippen LogP contribution in [-0.4, -0.2) is 50.5 Å². The molecule has 0 unspecified atom stereocenters. The molecule has 6 aromatic rings. The molecule has 0 radical (unpaired) electrons. The predicted octanol–water partition coefficient (Wildman–Crippen LogP) is 9.21. The number of anilines is 3. The van der Waals surface area contributed by atoms with E-state index >= 15 is 0 Å². The minimum absolute atomic E-state index is 0.482. The third kappa shape index (κ3) is 7.54. The second-order valence-corrected chi connectivity index (χ2v) is 14.0. The van der Waals surface area contributed by atoms with Crippen LogP contribution in [0.4, 0.5) is 17.3 Å². The van der Waals surface area contributed by atoms with E-state index in [-0.39, 0.29) is 0 Å². The van der Waals surface area contributed by atoms with E-state index in [9.17, 15) is 0 Å². The Bertz CT molecular complexity index is 2110. The molecule has 11 nitrogen and oxygen atoms in total. The smallest absolute Gasteiger partial charge is 0.190 e. The van der Waals surface area contributed by atoms with Gasteiger partial charge in [0.25, 0.3) is 0 Å². The number of aromatic nitrogens is 3. The molecule has 0 atom stereocenters. The van der Waals surface area contributed by atoms with Gasteiger partial charge < -0.3 is 33.5 Å². The van der Waals surface area contributed by atoms with Crippen molar-refractivity contribution < 1.29 is 28.2 Å². The van der Waals surface area contributed by atoms with Crippen molar-refractivity contribution >= 4 is 56.2 Å². The van der Waals surface area contributed by atoms with Gasteiger partial charge in [0, 0.05) is 22.5 Å².